The summed E-state index contributed by atoms with van der Waals surface area (Å²) in [5.41, 5.74) is 6.19. The lowest BCUT2D eigenvalue weighted by Crippen LogP contribution is -2.34. The first-order chi connectivity index (χ1) is 8.93. The minimum absolute atomic E-state index is 0.0346. The van der Waals surface area contributed by atoms with Crippen LogP contribution in [0, 0.1) is 5.92 Å². The lowest BCUT2D eigenvalue weighted by Gasteiger charge is -2.15. The van der Waals surface area contributed by atoms with E-state index in [1.165, 1.54) is 6.20 Å². The van der Waals surface area contributed by atoms with Gasteiger partial charge in [0, 0.05) is 17.8 Å². The molecule has 4 N–H and O–H groups in total. The monoisotopic (exact) mass is 264 g/mol. The van der Waals surface area contributed by atoms with Gasteiger partial charge in [-0.25, -0.2) is 0 Å². The van der Waals surface area contributed by atoms with E-state index in [0.29, 0.717) is 17.2 Å². The van der Waals surface area contributed by atoms with Gasteiger partial charge in [-0.2, -0.15) is 0 Å². The second-order valence-corrected chi connectivity index (χ2v) is 4.92. The fraction of sp³-hybridized carbons (Fsp3) is 0.462. The molecule has 1 amide bonds. The molecule has 0 saturated carbocycles. The quantitative estimate of drug-likeness (QED) is 0.323. The maximum absolute atomic E-state index is 11.9. The number of carbonyl (C=O) groups is 1. The van der Waals surface area contributed by atoms with Crippen LogP contribution in [0.4, 0.5) is 0 Å². The maximum atomic E-state index is 11.9. The molecule has 0 fully saturated rings. The Morgan fingerprint density at radius 2 is 2.16 bits per heavy atom. The smallest absolute Gasteiger partial charge is 0.270 e. The zero-order chi connectivity index (χ0) is 14.4. The molecule has 0 saturated heterocycles. The second kappa shape index (κ2) is 6.72. The Bertz CT molecular complexity index is 454. The molecule has 0 aliphatic carbocycles. The molecule has 104 valence electrons. The highest BCUT2D eigenvalue weighted by Gasteiger charge is 2.12. The highest BCUT2D eigenvalue weighted by atomic mass is 16.4. The first-order valence-corrected chi connectivity index (χ1v) is 6.18. The van der Waals surface area contributed by atoms with Gasteiger partial charge in [0.05, 0.1) is 0 Å². The fourth-order valence-corrected chi connectivity index (χ4v) is 1.80. The molecule has 0 spiro atoms. The van der Waals surface area contributed by atoms with Gasteiger partial charge < -0.3 is 16.3 Å². The standard InChI is InChI=1S/C13H20N4O2/c1-8(2)6-9(3)16-13(18)11-5-4-10(7-15-11)12(14)17-19/h4-5,7-9,19H,6H2,1-3H3,(H2,14,17)(H,16,18). The molecule has 0 bridgehead atoms. The molecule has 0 aliphatic rings. The first-order valence-electron chi connectivity index (χ1n) is 6.18. The fourth-order valence-electron chi connectivity index (χ4n) is 1.80. The normalized spacial score (nSPS) is 13.4. The van der Waals surface area contributed by atoms with Crippen molar-refractivity contribution in [2.24, 2.45) is 16.8 Å². The first kappa shape index (κ1) is 14.9. The molecule has 1 aromatic rings. The van der Waals surface area contributed by atoms with Crippen molar-refractivity contribution in [1.29, 1.82) is 0 Å². The van der Waals surface area contributed by atoms with Crippen molar-refractivity contribution in [3.05, 3.63) is 29.6 Å². The van der Waals surface area contributed by atoms with Crippen LogP contribution in [0.3, 0.4) is 0 Å². The summed E-state index contributed by atoms with van der Waals surface area (Å²) in [5, 5.41) is 14.3. The van der Waals surface area contributed by atoms with Crippen LogP contribution in [0.1, 0.15) is 43.2 Å². The van der Waals surface area contributed by atoms with Gasteiger partial charge in [-0.15, -0.1) is 0 Å². The van der Waals surface area contributed by atoms with Gasteiger partial charge >= 0.3 is 0 Å². The Kier molecular flexibility index (Phi) is 5.29. The lowest BCUT2D eigenvalue weighted by molar-refractivity contribution is 0.0931. The Labute approximate surface area is 112 Å². The van der Waals surface area contributed by atoms with E-state index in [2.05, 4.69) is 29.3 Å². The minimum Gasteiger partial charge on any atom is -0.409 e. The number of oxime groups is 1. The van der Waals surface area contributed by atoms with Crippen LogP contribution in [0.25, 0.3) is 0 Å². The highest BCUT2D eigenvalue weighted by molar-refractivity contribution is 5.98. The third kappa shape index (κ3) is 4.57. The molecular formula is C13H20N4O2. The van der Waals surface area contributed by atoms with Crippen molar-refractivity contribution in [3.8, 4) is 0 Å². The van der Waals surface area contributed by atoms with Crippen molar-refractivity contribution in [2.75, 3.05) is 0 Å². The topological polar surface area (TPSA) is 101 Å². The van der Waals surface area contributed by atoms with Crippen LogP contribution in [-0.4, -0.2) is 28.0 Å². The number of carbonyl (C=O) groups excluding carboxylic acids is 1. The molecule has 6 nitrogen and oxygen atoms in total. The zero-order valence-corrected chi connectivity index (χ0v) is 11.4. The molecule has 0 radical (unpaired) electrons. The van der Waals surface area contributed by atoms with Crippen LogP contribution in [0.15, 0.2) is 23.5 Å². The molecular weight excluding hydrogens is 244 g/mol. The highest BCUT2D eigenvalue weighted by Crippen LogP contribution is 2.05. The SMILES string of the molecule is CC(C)CC(C)NC(=O)c1ccc(C(N)=NO)cn1. The zero-order valence-electron chi connectivity index (χ0n) is 11.4. The third-order valence-corrected chi connectivity index (χ3v) is 2.60. The van der Waals surface area contributed by atoms with E-state index in [9.17, 15) is 4.79 Å². The van der Waals surface area contributed by atoms with Crippen LogP contribution in [0.2, 0.25) is 0 Å². The summed E-state index contributed by atoms with van der Waals surface area (Å²) in [6.45, 7) is 6.17. The van der Waals surface area contributed by atoms with Crippen molar-refractivity contribution in [3.63, 3.8) is 0 Å². The van der Waals surface area contributed by atoms with Crippen molar-refractivity contribution < 1.29 is 10.0 Å². The number of hydrogen-bond acceptors (Lipinski definition) is 4. The average molecular weight is 264 g/mol. The van der Waals surface area contributed by atoms with E-state index in [1.54, 1.807) is 12.1 Å². The predicted molar refractivity (Wildman–Crippen MR) is 73.1 cm³/mol. The van der Waals surface area contributed by atoms with Gasteiger partial charge in [-0.3, -0.25) is 9.78 Å². The van der Waals surface area contributed by atoms with Crippen LogP contribution >= 0.6 is 0 Å². The molecule has 1 atom stereocenters. The molecule has 0 aromatic carbocycles. The van der Waals surface area contributed by atoms with Crippen LogP contribution in [0.5, 0.6) is 0 Å². The summed E-state index contributed by atoms with van der Waals surface area (Å²) in [6.07, 6.45) is 2.31. The maximum Gasteiger partial charge on any atom is 0.270 e. The minimum atomic E-state index is -0.223. The number of nitrogens with two attached hydrogens (primary N) is 1. The molecule has 1 rings (SSSR count). The van der Waals surface area contributed by atoms with Crippen molar-refractivity contribution in [1.82, 2.24) is 10.3 Å². The molecule has 1 unspecified atom stereocenters. The molecule has 1 heterocycles. The van der Waals surface area contributed by atoms with Crippen molar-refractivity contribution >= 4 is 11.7 Å². The van der Waals surface area contributed by atoms with Gasteiger partial charge in [0.1, 0.15) is 5.69 Å². The Hall–Kier alpha value is -2.11. The van der Waals surface area contributed by atoms with Crippen molar-refractivity contribution in [2.45, 2.75) is 33.2 Å². The summed E-state index contributed by atoms with van der Waals surface area (Å²) >= 11 is 0. The third-order valence-electron chi connectivity index (χ3n) is 2.60. The van der Waals surface area contributed by atoms with E-state index in [-0.39, 0.29) is 17.8 Å². The molecule has 6 heteroatoms. The van der Waals surface area contributed by atoms with Gasteiger partial charge in [0.15, 0.2) is 5.84 Å². The number of amidine groups is 1. The van der Waals surface area contributed by atoms with Gasteiger partial charge in [0.2, 0.25) is 0 Å². The predicted octanol–water partition coefficient (Wildman–Crippen LogP) is 1.34. The van der Waals surface area contributed by atoms with Gasteiger partial charge in [0.25, 0.3) is 5.91 Å². The van der Waals surface area contributed by atoms with E-state index in [4.69, 9.17) is 10.9 Å². The van der Waals surface area contributed by atoms with Gasteiger partial charge in [-0.05, 0) is 31.4 Å². The summed E-state index contributed by atoms with van der Waals surface area (Å²) in [4.78, 5) is 15.9. The summed E-state index contributed by atoms with van der Waals surface area (Å²) in [5.74, 6) is 0.262. The van der Waals surface area contributed by atoms with Gasteiger partial charge in [-0.1, -0.05) is 19.0 Å². The van der Waals surface area contributed by atoms with Crippen LogP contribution < -0.4 is 11.1 Å². The van der Waals surface area contributed by atoms with E-state index >= 15 is 0 Å². The number of nitrogens with one attached hydrogen (secondary N) is 1. The Balaban J connectivity index is 2.68. The Morgan fingerprint density at radius 1 is 1.47 bits per heavy atom. The molecule has 19 heavy (non-hydrogen) atoms. The van der Waals surface area contributed by atoms with E-state index in [0.717, 1.165) is 6.42 Å². The van der Waals surface area contributed by atoms with E-state index < -0.39 is 0 Å². The second-order valence-electron chi connectivity index (χ2n) is 4.92. The lowest BCUT2D eigenvalue weighted by atomic mass is 10.1. The summed E-state index contributed by atoms with van der Waals surface area (Å²) in [6, 6.07) is 3.23. The largest absolute Gasteiger partial charge is 0.409 e. The number of rotatable bonds is 5. The number of aromatic nitrogens is 1. The average Bonchev–Trinajstić information content (AvgIpc) is 2.36. The van der Waals surface area contributed by atoms with E-state index in [1.807, 2.05) is 6.92 Å². The number of nitrogens with zero attached hydrogens (tertiary/aromatic N) is 2. The number of hydrogen-bond donors (Lipinski definition) is 3. The Morgan fingerprint density at radius 3 is 2.63 bits per heavy atom. The molecule has 0 aliphatic heterocycles. The summed E-state index contributed by atoms with van der Waals surface area (Å²) in [7, 11) is 0. The summed E-state index contributed by atoms with van der Waals surface area (Å²) < 4.78 is 0. The number of pyridine rings is 1. The number of amides is 1. The van der Waals surface area contributed by atoms with Crippen LogP contribution in [-0.2, 0) is 0 Å². The molecule has 1 aromatic heterocycles.